The molecule has 0 aromatic carbocycles. The summed E-state index contributed by atoms with van der Waals surface area (Å²) in [5.74, 6) is 2.92. The molecule has 108 valence electrons. The Morgan fingerprint density at radius 2 is 1.79 bits per heavy atom. The van der Waals surface area contributed by atoms with Crippen LogP contribution in [-0.2, 0) is 0 Å². The summed E-state index contributed by atoms with van der Waals surface area (Å²) in [6, 6.07) is 0.215. The van der Waals surface area contributed by atoms with Gasteiger partial charge in [0.05, 0.1) is 0 Å². The summed E-state index contributed by atoms with van der Waals surface area (Å²) in [7, 11) is 0. The van der Waals surface area contributed by atoms with E-state index in [1.165, 1.54) is 0 Å². The van der Waals surface area contributed by atoms with Crippen molar-refractivity contribution in [3.05, 3.63) is 11.4 Å². The molecule has 0 bridgehead atoms. The van der Waals surface area contributed by atoms with Crippen molar-refractivity contribution in [2.24, 2.45) is 5.92 Å². The number of aromatic nitrogens is 2. The van der Waals surface area contributed by atoms with Crippen molar-refractivity contribution in [1.29, 1.82) is 0 Å². The van der Waals surface area contributed by atoms with Gasteiger partial charge in [0.1, 0.15) is 17.5 Å². The summed E-state index contributed by atoms with van der Waals surface area (Å²) in [6.45, 7) is 11.2. The van der Waals surface area contributed by atoms with E-state index in [9.17, 15) is 0 Å². The van der Waals surface area contributed by atoms with Crippen molar-refractivity contribution in [2.45, 2.75) is 47.1 Å². The lowest BCUT2D eigenvalue weighted by atomic mass is 10.0. The van der Waals surface area contributed by atoms with Crippen LogP contribution in [0.15, 0.2) is 0 Å². The Morgan fingerprint density at radius 1 is 1.16 bits per heavy atom. The molecular formula is C14H26N4O. The SMILES string of the molecule is CCNc1nc(C)nc(NC(CCO)C(C)C)c1C. The second-order valence-electron chi connectivity index (χ2n) is 5.13. The fraction of sp³-hybridized carbons (Fsp3) is 0.714. The highest BCUT2D eigenvalue weighted by Gasteiger charge is 2.16. The molecule has 0 radical (unpaired) electrons. The van der Waals surface area contributed by atoms with Crippen LogP contribution in [0.5, 0.6) is 0 Å². The number of hydrogen-bond donors (Lipinski definition) is 3. The van der Waals surface area contributed by atoms with Gasteiger partial charge in [-0.3, -0.25) is 0 Å². The van der Waals surface area contributed by atoms with E-state index in [0.29, 0.717) is 5.92 Å². The van der Waals surface area contributed by atoms with Crippen LogP contribution in [0.3, 0.4) is 0 Å². The van der Waals surface area contributed by atoms with Gasteiger partial charge in [0.15, 0.2) is 0 Å². The molecule has 1 aromatic rings. The van der Waals surface area contributed by atoms with Crippen LogP contribution in [0.1, 0.15) is 38.6 Å². The Kier molecular flexibility index (Phi) is 6.02. The van der Waals surface area contributed by atoms with E-state index in [-0.39, 0.29) is 12.6 Å². The first-order chi connectivity index (χ1) is 8.99. The van der Waals surface area contributed by atoms with Crippen molar-refractivity contribution >= 4 is 11.6 Å². The lowest BCUT2D eigenvalue weighted by Crippen LogP contribution is -2.28. The monoisotopic (exact) mass is 266 g/mol. The molecule has 0 amide bonds. The number of rotatable bonds is 7. The van der Waals surface area contributed by atoms with Crippen LogP contribution in [-0.4, -0.2) is 34.3 Å². The Labute approximate surface area is 115 Å². The zero-order chi connectivity index (χ0) is 14.4. The zero-order valence-electron chi connectivity index (χ0n) is 12.6. The molecule has 1 aromatic heterocycles. The number of nitrogens with one attached hydrogen (secondary N) is 2. The highest BCUT2D eigenvalue weighted by molar-refractivity contribution is 5.57. The number of hydrogen-bond acceptors (Lipinski definition) is 5. The van der Waals surface area contributed by atoms with Crippen LogP contribution in [0, 0.1) is 19.8 Å². The maximum absolute atomic E-state index is 9.14. The first-order valence-corrected chi connectivity index (χ1v) is 6.96. The van der Waals surface area contributed by atoms with Crippen molar-refractivity contribution < 1.29 is 5.11 Å². The zero-order valence-corrected chi connectivity index (χ0v) is 12.6. The van der Waals surface area contributed by atoms with Crippen molar-refractivity contribution in [3.63, 3.8) is 0 Å². The molecule has 5 nitrogen and oxygen atoms in total. The Hall–Kier alpha value is -1.36. The molecule has 0 fully saturated rings. The van der Waals surface area contributed by atoms with Crippen LogP contribution in [0.4, 0.5) is 11.6 Å². The second kappa shape index (κ2) is 7.28. The third kappa shape index (κ3) is 4.35. The maximum atomic E-state index is 9.14. The first-order valence-electron chi connectivity index (χ1n) is 6.96. The van der Waals surface area contributed by atoms with Gasteiger partial charge in [-0.05, 0) is 33.1 Å². The van der Waals surface area contributed by atoms with Gasteiger partial charge in [-0.25, -0.2) is 9.97 Å². The van der Waals surface area contributed by atoms with Gasteiger partial charge >= 0.3 is 0 Å². The first kappa shape index (κ1) is 15.7. The normalized spacial score (nSPS) is 12.6. The van der Waals surface area contributed by atoms with E-state index in [1.807, 2.05) is 20.8 Å². The summed E-state index contributed by atoms with van der Waals surface area (Å²) in [5, 5.41) is 15.8. The molecule has 1 atom stereocenters. The average molecular weight is 266 g/mol. The Bertz CT molecular complexity index is 407. The smallest absolute Gasteiger partial charge is 0.134 e. The molecule has 0 aliphatic rings. The lowest BCUT2D eigenvalue weighted by Gasteiger charge is -2.24. The number of aryl methyl sites for hydroxylation is 1. The Balaban J connectivity index is 2.98. The van der Waals surface area contributed by atoms with E-state index in [4.69, 9.17) is 5.11 Å². The quantitative estimate of drug-likeness (QED) is 0.706. The van der Waals surface area contributed by atoms with Crippen molar-refractivity contribution in [3.8, 4) is 0 Å². The molecule has 19 heavy (non-hydrogen) atoms. The second-order valence-corrected chi connectivity index (χ2v) is 5.13. The van der Waals surface area contributed by atoms with Crippen LogP contribution >= 0.6 is 0 Å². The highest BCUT2D eigenvalue weighted by Crippen LogP contribution is 2.22. The predicted octanol–water partition coefficient (Wildman–Crippen LogP) is 2.34. The number of anilines is 2. The Morgan fingerprint density at radius 3 is 2.32 bits per heavy atom. The van der Waals surface area contributed by atoms with Crippen molar-refractivity contribution in [1.82, 2.24) is 9.97 Å². The molecule has 0 aliphatic heterocycles. The average Bonchev–Trinajstić information content (AvgIpc) is 2.34. The van der Waals surface area contributed by atoms with E-state index < -0.39 is 0 Å². The van der Waals surface area contributed by atoms with Gasteiger partial charge in [0, 0.05) is 24.8 Å². The van der Waals surface area contributed by atoms with Gasteiger partial charge < -0.3 is 15.7 Å². The van der Waals surface area contributed by atoms with Crippen LogP contribution in [0.2, 0.25) is 0 Å². The molecular weight excluding hydrogens is 240 g/mol. The summed E-state index contributed by atoms with van der Waals surface area (Å²) in [6.07, 6.45) is 0.719. The highest BCUT2D eigenvalue weighted by atomic mass is 16.3. The number of aliphatic hydroxyl groups is 1. The summed E-state index contributed by atoms with van der Waals surface area (Å²) in [5.41, 5.74) is 1.02. The minimum atomic E-state index is 0.180. The third-order valence-electron chi connectivity index (χ3n) is 3.17. The predicted molar refractivity (Wildman–Crippen MR) is 79.6 cm³/mol. The molecule has 1 heterocycles. The molecule has 3 N–H and O–H groups in total. The van der Waals surface area contributed by atoms with E-state index in [1.54, 1.807) is 0 Å². The van der Waals surface area contributed by atoms with Gasteiger partial charge in [-0.1, -0.05) is 13.8 Å². The molecule has 1 rings (SSSR count). The van der Waals surface area contributed by atoms with Gasteiger partial charge in [-0.15, -0.1) is 0 Å². The summed E-state index contributed by atoms with van der Waals surface area (Å²) >= 11 is 0. The molecule has 0 aliphatic carbocycles. The van der Waals surface area contributed by atoms with E-state index in [0.717, 1.165) is 36.0 Å². The van der Waals surface area contributed by atoms with Crippen LogP contribution < -0.4 is 10.6 Å². The standard InChI is InChI=1S/C14H26N4O/c1-6-15-13-10(4)14(17-11(5)16-13)18-12(7-8-19)9(2)3/h9,12,19H,6-8H2,1-5H3,(H2,15,16,17,18). The third-order valence-corrected chi connectivity index (χ3v) is 3.17. The molecule has 0 spiro atoms. The summed E-state index contributed by atoms with van der Waals surface area (Å²) in [4.78, 5) is 8.89. The summed E-state index contributed by atoms with van der Waals surface area (Å²) < 4.78 is 0. The molecule has 1 unspecified atom stereocenters. The lowest BCUT2D eigenvalue weighted by molar-refractivity contribution is 0.267. The minimum Gasteiger partial charge on any atom is -0.396 e. The minimum absolute atomic E-state index is 0.180. The fourth-order valence-corrected chi connectivity index (χ4v) is 2.00. The largest absolute Gasteiger partial charge is 0.396 e. The molecule has 5 heteroatoms. The number of aliphatic hydroxyl groups excluding tert-OH is 1. The van der Waals surface area contributed by atoms with Gasteiger partial charge in [0.2, 0.25) is 0 Å². The van der Waals surface area contributed by atoms with E-state index >= 15 is 0 Å². The fourth-order valence-electron chi connectivity index (χ4n) is 2.00. The molecule has 0 saturated carbocycles. The van der Waals surface area contributed by atoms with Crippen molar-refractivity contribution in [2.75, 3.05) is 23.8 Å². The topological polar surface area (TPSA) is 70.1 Å². The van der Waals surface area contributed by atoms with Crippen LogP contribution in [0.25, 0.3) is 0 Å². The molecule has 0 saturated heterocycles. The van der Waals surface area contributed by atoms with E-state index in [2.05, 4.69) is 34.4 Å². The number of nitrogens with zero attached hydrogens (tertiary/aromatic N) is 2. The maximum Gasteiger partial charge on any atom is 0.134 e. The van der Waals surface area contributed by atoms with Gasteiger partial charge in [0.25, 0.3) is 0 Å². The van der Waals surface area contributed by atoms with Gasteiger partial charge in [-0.2, -0.15) is 0 Å².